The third-order valence-corrected chi connectivity index (χ3v) is 3.16. The van der Waals surface area contributed by atoms with Gasteiger partial charge in [0.15, 0.2) is 5.82 Å². The molecule has 0 saturated heterocycles. The molecule has 0 fully saturated rings. The summed E-state index contributed by atoms with van der Waals surface area (Å²) in [6, 6.07) is 7.93. The van der Waals surface area contributed by atoms with Crippen molar-refractivity contribution in [2.75, 3.05) is 6.54 Å². The molecule has 1 amide bonds. The summed E-state index contributed by atoms with van der Waals surface area (Å²) >= 11 is 3.38. The third-order valence-electron chi connectivity index (χ3n) is 2.63. The average Bonchev–Trinajstić information content (AvgIpc) is 2.85. The van der Waals surface area contributed by atoms with Crippen LogP contribution in [0, 0.1) is 0 Å². The molecule has 6 nitrogen and oxygen atoms in total. The standard InChI is InChI=1S/C13H14BrN3O3/c14-10-5-3-9(4-6-10)8-11-16-12(20-17-11)2-1-7-15-13(18)19/h3-6,15H,1-2,7-8H2,(H,18,19). The number of amides is 1. The van der Waals surface area contributed by atoms with Crippen molar-refractivity contribution in [3.05, 3.63) is 46.0 Å². The molecule has 0 radical (unpaired) electrons. The van der Waals surface area contributed by atoms with Crippen LogP contribution < -0.4 is 5.32 Å². The molecule has 0 saturated carbocycles. The van der Waals surface area contributed by atoms with E-state index in [1.54, 1.807) is 0 Å². The maximum atomic E-state index is 10.3. The quantitative estimate of drug-likeness (QED) is 0.789. The molecule has 0 aliphatic carbocycles. The van der Waals surface area contributed by atoms with Crippen LogP contribution >= 0.6 is 15.9 Å². The lowest BCUT2D eigenvalue weighted by atomic mass is 10.1. The third kappa shape index (κ3) is 4.65. The van der Waals surface area contributed by atoms with Crippen LogP contribution in [0.25, 0.3) is 0 Å². The number of carbonyl (C=O) groups is 1. The van der Waals surface area contributed by atoms with Gasteiger partial charge in [-0.15, -0.1) is 0 Å². The van der Waals surface area contributed by atoms with Gasteiger partial charge in [-0.25, -0.2) is 4.79 Å². The lowest BCUT2D eigenvalue weighted by molar-refractivity contribution is 0.194. The maximum absolute atomic E-state index is 10.3. The first-order valence-electron chi connectivity index (χ1n) is 6.16. The Kier molecular flexibility index (Phi) is 5.11. The summed E-state index contributed by atoms with van der Waals surface area (Å²) < 4.78 is 6.15. The Labute approximate surface area is 124 Å². The zero-order valence-corrected chi connectivity index (χ0v) is 12.3. The summed E-state index contributed by atoms with van der Waals surface area (Å²) in [5.74, 6) is 1.16. The van der Waals surface area contributed by atoms with Crippen molar-refractivity contribution in [2.24, 2.45) is 0 Å². The van der Waals surface area contributed by atoms with Crippen molar-refractivity contribution in [1.29, 1.82) is 0 Å². The smallest absolute Gasteiger partial charge is 0.404 e. The van der Waals surface area contributed by atoms with E-state index < -0.39 is 6.09 Å². The molecule has 20 heavy (non-hydrogen) atoms. The predicted molar refractivity (Wildman–Crippen MR) is 75.6 cm³/mol. The molecular formula is C13H14BrN3O3. The number of hydrogen-bond donors (Lipinski definition) is 2. The summed E-state index contributed by atoms with van der Waals surface area (Å²) in [4.78, 5) is 14.6. The van der Waals surface area contributed by atoms with E-state index in [2.05, 4.69) is 31.4 Å². The minimum Gasteiger partial charge on any atom is -0.465 e. The first-order chi connectivity index (χ1) is 9.63. The molecule has 0 bridgehead atoms. The number of halogens is 1. The minimum atomic E-state index is -1.02. The van der Waals surface area contributed by atoms with Gasteiger partial charge in [0.05, 0.1) is 0 Å². The Hall–Kier alpha value is -1.89. The van der Waals surface area contributed by atoms with Gasteiger partial charge in [-0.2, -0.15) is 4.98 Å². The second-order valence-corrected chi connectivity index (χ2v) is 5.16. The number of carboxylic acid groups (broad SMARTS) is 1. The van der Waals surface area contributed by atoms with E-state index in [9.17, 15) is 4.79 Å². The van der Waals surface area contributed by atoms with Crippen molar-refractivity contribution >= 4 is 22.0 Å². The monoisotopic (exact) mass is 339 g/mol. The normalized spacial score (nSPS) is 10.4. The van der Waals surface area contributed by atoms with Gasteiger partial charge in [0, 0.05) is 23.9 Å². The van der Waals surface area contributed by atoms with E-state index in [-0.39, 0.29) is 0 Å². The maximum Gasteiger partial charge on any atom is 0.404 e. The second-order valence-electron chi connectivity index (χ2n) is 4.24. The second kappa shape index (κ2) is 7.04. The Bertz CT molecular complexity index is 568. The average molecular weight is 340 g/mol. The highest BCUT2D eigenvalue weighted by atomic mass is 79.9. The minimum absolute atomic E-state index is 0.375. The highest BCUT2D eigenvalue weighted by molar-refractivity contribution is 9.10. The van der Waals surface area contributed by atoms with Gasteiger partial charge in [-0.05, 0) is 24.1 Å². The van der Waals surface area contributed by atoms with Crippen LogP contribution in [0.5, 0.6) is 0 Å². The highest BCUT2D eigenvalue weighted by Crippen LogP contribution is 2.13. The molecule has 0 spiro atoms. The van der Waals surface area contributed by atoms with Crippen molar-refractivity contribution < 1.29 is 14.4 Å². The van der Waals surface area contributed by atoms with Crippen LogP contribution in [0.15, 0.2) is 33.3 Å². The fraction of sp³-hybridized carbons (Fsp3) is 0.308. The summed E-state index contributed by atoms with van der Waals surface area (Å²) in [7, 11) is 0. The topological polar surface area (TPSA) is 88.2 Å². The number of nitrogens with zero attached hydrogens (tertiary/aromatic N) is 2. The van der Waals surface area contributed by atoms with E-state index >= 15 is 0 Å². The summed E-state index contributed by atoms with van der Waals surface area (Å²) in [5.41, 5.74) is 1.10. The summed E-state index contributed by atoms with van der Waals surface area (Å²) in [5, 5.41) is 14.6. The zero-order chi connectivity index (χ0) is 14.4. The van der Waals surface area contributed by atoms with Crippen molar-refractivity contribution in [2.45, 2.75) is 19.3 Å². The number of aryl methyl sites for hydroxylation is 1. The van der Waals surface area contributed by atoms with Gasteiger partial charge in [0.25, 0.3) is 0 Å². The molecule has 2 rings (SSSR count). The lowest BCUT2D eigenvalue weighted by Gasteiger charge is -1.97. The van der Waals surface area contributed by atoms with Crippen LogP contribution in [0.2, 0.25) is 0 Å². The van der Waals surface area contributed by atoms with Crippen LogP contribution in [0.4, 0.5) is 4.79 Å². The van der Waals surface area contributed by atoms with Crippen molar-refractivity contribution in [1.82, 2.24) is 15.5 Å². The van der Waals surface area contributed by atoms with Crippen molar-refractivity contribution in [3.8, 4) is 0 Å². The van der Waals surface area contributed by atoms with E-state index in [4.69, 9.17) is 9.63 Å². The van der Waals surface area contributed by atoms with Crippen LogP contribution in [-0.2, 0) is 12.8 Å². The first kappa shape index (κ1) is 14.5. The summed E-state index contributed by atoms with van der Waals surface area (Å²) in [6.07, 6.45) is 0.788. The molecule has 2 aromatic rings. The van der Waals surface area contributed by atoms with E-state index in [1.165, 1.54) is 0 Å². The number of hydrogen-bond acceptors (Lipinski definition) is 4. The van der Waals surface area contributed by atoms with Crippen LogP contribution in [0.3, 0.4) is 0 Å². The molecular weight excluding hydrogens is 326 g/mol. The first-order valence-corrected chi connectivity index (χ1v) is 6.95. The van der Waals surface area contributed by atoms with E-state index in [0.29, 0.717) is 37.5 Å². The summed E-state index contributed by atoms with van der Waals surface area (Å²) in [6.45, 7) is 0.375. The molecule has 1 heterocycles. The fourth-order valence-corrected chi connectivity index (χ4v) is 1.95. The van der Waals surface area contributed by atoms with Gasteiger partial charge in [-0.3, -0.25) is 0 Å². The molecule has 1 aromatic carbocycles. The number of rotatable bonds is 6. The Morgan fingerprint density at radius 3 is 2.80 bits per heavy atom. The van der Waals surface area contributed by atoms with Crippen LogP contribution in [0.1, 0.15) is 23.7 Å². The van der Waals surface area contributed by atoms with Gasteiger partial charge in [-0.1, -0.05) is 33.2 Å². The van der Waals surface area contributed by atoms with Gasteiger partial charge in [0.2, 0.25) is 5.89 Å². The molecule has 0 aliphatic heterocycles. The molecule has 106 valence electrons. The van der Waals surface area contributed by atoms with Gasteiger partial charge < -0.3 is 14.9 Å². The number of nitrogens with one attached hydrogen (secondary N) is 1. The van der Waals surface area contributed by atoms with Gasteiger partial charge >= 0.3 is 6.09 Å². The molecule has 1 aromatic heterocycles. The predicted octanol–water partition coefficient (Wildman–Crippen LogP) is 2.62. The number of aromatic nitrogens is 2. The number of benzene rings is 1. The Balaban J connectivity index is 1.82. The van der Waals surface area contributed by atoms with Crippen molar-refractivity contribution in [3.63, 3.8) is 0 Å². The molecule has 2 N–H and O–H groups in total. The molecule has 0 aliphatic rings. The largest absolute Gasteiger partial charge is 0.465 e. The molecule has 7 heteroatoms. The highest BCUT2D eigenvalue weighted by Gasteiger charge is 2.07. The SMILES string of the molecule is O=C(O)NCCCc1nc(Cc2ccc(Br)cc2)no1. The Morgan fingerprint density at radius 1 is 1.35 bits per heavy atom. The zero-order valence-electron chi connectivity index (χ0n) is 10.7. The lowest BCUT2D eigenvalue weighted by Crippen LogP contribution is -2.22. The fourth-order valence-electron chi connectivity index (χ4n) is 1.68. The van der Waals surface area contributed by atoms with E-state index in [1.807, 2.05) is 24.3 Å². The van der Waals surface area contributed by atoms with Gasteiger partial charge in [0.1, 0.15) is 0 Å². The molecule has 0 unspecified atom stereocenters. The van der Waals surface area contributed by atoms with E-state index in [0.717, 1.165) is 10.0 Å². The molecule has 0 atom stereocenters. The van der Waals surface area contributed by atoms with Crippen LogP contribution in [-0.4, -0.2) is 27.9 Å². The Morgan fingerprint density at radius 2 is 2.10 bits per heavy atom.